The highest BCUT2D eigenvalue weighted by atomic mass is 35.5. The molecule has 0 radical (unpaired) electrons. The summed E-state index contributed by atoms with van der Waals surface area (Å²) in [6.07, 6.45) is 0.629. The zero-order valence-corrected chi connectivity index (χ0v) is 17.0. The van der Waals surface area contributed by atoms with Crippen molar-refractivity contribution in [1.82, 2.24) is 9.88 Å². The van der Waals surface area contributed by atoms with Crippen LogP contribution >= 0.6 is 45.9 Å². The first-order valence-electron chi connectivity index (χ1n) is 8.07. The van der Waals surface area contributed by atoms with Crippen LogP contribution in [-0.2, 0) is 13.0 Å². The number of thiazole rings is 1. The topological polar surface area (TPSA) is 62.3 Å². The lowest BCUT2D eigenvalue weighted by Gasteiger charge is -2.26. The van der Waals surface area contributed by atoms with E-state index < -0.39 is 0 Å². The molecule has 138 valence electrons. The number of carbonyl (C=O) groups excluding carboxylic acids is 2. The van der Waals surface area contributed by atoms with Gasteiger partial charge in [0.1, 0.15) is 0 Å². The van der Waals surface area contributed by atoms with Gasteiger partial charge in [0.25, 0.3) is 11.8 Å². The standard InChI is InChI=1S/C18H13Cl2N3O2S2/c19-11-1-2-13(20)12(7-11)17(25)23-5-3-14-15(8-23)27-18(21-14)22-16(24)10-4-6-26-9-10/h1-2,4,6-7,9H,3,5,8H2,(H,21,22,24). The van der Waals surface area contributed by atoms with Crippen molar-refractivity contribution in [3.63, 3.8) is 0 Å². The fourth-order valence-electron chi connectivity index (χ4n) is 2.82. The summed E-state index contributed by atoms with van der Waals surface area (Å²) in [6, 6.07) is 6.63. The number of nitrogens with zero attached hydrogens (tertiary/aromatic N) is 2. The summed E-state index contributed by atoms with van der Waals surface area (Å²) in [7, 11) is 0. The third kappa shape index (κ3) is 3.87. The van der Waals surface area contributed by atoms with Crippen LogP contribution in [0.15, 0.2) is 35.0 Å². The van der Waals surface area contributed by atoms with Gasteiger partial charge in [-0.3, -0.25) is 14.9 Å². The number of anilines is 1. The number of thiophene rings is 1. The van der Waals surface area contributed by atoms with Crippen LogP contribution in [0.1, 0.15) is 31.3 Å². The maximum absolute atomic E-state index is 12.8. The van der Waals surface area contributed by atoms with Crippen LogP contribution in [0.4, 0.5) is 5.13 Å². The zero-order valence-electron chi connectivity index (χ0n) is 13.9. The summed E-state index contributed by atoms with van der Waals surface area (Å²) in [6.45, 7) is 0.972. The van der Waals surface area contributed by atoms with Gasteiger partial charge in [-0.2, -0.15) is 11.3 Å². The molecule has 0 bridgehead atoms. The van der Waals surface area contributed by atoms with E-state index in [0.29, 0.717) is 45.8 Å². The molecule has 2 amide bonds. The highest BCUT2D eigenvalue weighted by Crippen LogP contribution is 2.30. The highest BCUT2D eigenvalue weighted by Gasteiger charge is 2.26. The van der Waals surface area contributed by atoms with Gasteiger partial charge in [-0.25, -0.2) is 4.98 Å². The van der Waals surface area contributed by atoms with Crippen LogP contribution in [0, 0.1) is 0 Å². The van der Waals surface area contributed by atoms with Crippen molar-refractivity contribution >= 4 is 62.8 Å². The molecule has 3 heterocycles. The third-order valence-electron chi connectivity index (χ3n) is 4.18. The second-order valence-corrected chi connectivity index (χ2v) is 8.66. The van der Waals surface area contributed by atoms with Crippen LogP contribution < -0.4 is 5.32 Å². The van der Waals surface area contributed by atoms with E-state index in [1.54, 1.807) is 34.5 Å². The number of amides is 2. The van der Waals surface area contributed by atoms with Crippen molar-refractivity contribution in [2.75, 3.05) is 11.9 Å². The average Bonchev–Trinajstić information content (AvgIpc) is 3.31. The normalized spacial score (nSPS) is 13.3. The Morgan fingerprint density at radius 2 is 2.07 bits per heavy atom. The summed E-state index contributed by atoms with van der Waals surface area (Å²) in [5.41, 5.74) is 1.92. The second kappa shape index (κ2) is 7.59. The zero-order chi connectivity index (χ0) is 19.0. The molecule has 2 aromatic heterocycles. The number of carbonyl (C=O) groups is 2. The predicted octanol–water partition coefficient (Wildman–Crippen LogP) is 4.96. The Labute approximate surface area is 173 Å². The fourth-order valence-corrected chi connectivity index (χ4v) is 4.84. The van der Waals surface area contributed by atoms with Crippen LogP contribution in [0.25, 0.3) is 0 Å². The Morgan fingerprint density at radius 1 is 1.22 bits per heavy atom. The Morgan fingerprint density at radius 3 is 2.85 bits per heavy atom. The molecule has 1 aliphatic heterocycles. The molecular formula is C18H13Cl2N3O2S2. The summed E-state index contributed by atoms with van der Waals surface area (Å²) < 4.78 is 0. The summed E-state index contributed by atoms with van der Waals surface area (Å²) >= 11 is 15.0. The van der Waals surface area contributed by atoms with Gasteiger partial charge in [0.15, 0.2) is 5.13 Å². The number of rotatable bonds is 3. The molecule has 1 N–H and O–H groups in total. The van der Waals surface area contributed by atoms with E-state index in [2.05, 4.69) is 10.3 Å². The molecule has 1 aromatic carbocycles. The van der Waals surface area contributed by atoms with Crippen LogP contribution in [-0.4, -0.2) is 28.2 Å². The van der Waals surface area contributed by atoms with E-state index in [1.807, 2.05) is 5.38 Å². The van der Waals surface area contributed by atoms with Gasteiger partial charge in [0.2, 0.25) is 0 Å². The van der Waals surface area contributed by atoms with Gasteiger partial charge in [0.05, 0.1) is 28.4 Å². The molecule has 27 heavy (non-hydrogen) atoms. The lowest BCUT2D eigenvalue weighted by atomic mass is 10.1. The number of hydrogen-bond donors (Lipinski definition) is 1. The van der Waals surface area contributed by atoms with Gasteiger partial charge < -0.3 is 4.90 Å². The molecule has 9 heteroatoms. The first kappa shape index (κ1) is 18.4. The number of halogens is 2. The van der Waals surface area contributed by atoms with Crippen molar-refractivity contribution in [2.45, 2.75) is 13.0 Å². The van der Waals surface area contributed by atoms with Crippen LogP contribution in [0.5, 0.6) is 0 Å². The average molecular weight is 438 g/mol. The van der Waals surface area contributed by atoms with Crippen molar-refractivity contribution in [2.24, 2.45) is 0 Å². The lowest BCUT2D eigenvalue weighted by molar-refractivity contribution is 0.0736. The molecule has 4 rings (SSSR count). The molecule has 3 aromatic rings. The second-order valence-electron chi connectivity index (χ2n) is 5.96. The number of aromatic nitrogens is 1. The van der Waals surface area contributed by atoms with E-state index in [0.717, 1.165) is 10.6 Å². The molecule has 5 nitrogen and oxygen atoms in total. The van der Waals surface area contributed by atoms with Crippen LogP contribution in [0.2, 0.25) is 10.0 Å². The van der Waals surface area contributed by atoms with Crippen molar-refractivity contribution in [3.05, 3.63) is 66.8 Å². The Hall–Kier alpha value is -1.93. The molecule has 0 saturated carbocycles. The Balaban J connectivity index is 1.50. The molecule has 0 unspecified atom stereocenters. The molecule has 0 fully saturated rings. The molecule has 0 spiro atoms. The third-order valence-corrected chi connectivity index (χ3v) is 6.43. The monoisotopic (exact) mass is 437 g/mol. The summed E-state index contributed by atoms with van der Waals surface area (Å²) in [4.78, 5) is 32.2. The molecule has 0 atom stereocenters. The first-order chi connectivity index (χ1) is 13.0. The first-order valence-corrected chi connectivity index (χ1v) is 10.6. The maximum atomic E-state index is 12.8. The van der Waals surface area contributed by atoms with Crippen molar-refractivity contribution < 1.29 is 9.59 Å². The summed E-state index contributed by atoms with van der Waals surface area (Å²) in [5, 5.41) is 7.86. The van der Waals surface area contributed by atoms with Gasteiger partial charge in [-0.05, 0) is 29.6 Å². The number of nitrogens with one attached hydrogen (secondary N) is 1. The molecular weight excluding hydrogens is 425 g/mol. The minimum Gasteiger partial charge on any atom is -0.333 e. The van der Waals surface area contributed by atoms with Gasteiger partial charge >= 0.3 is 0 Å². The smallest absolute Gasteiger partial charge is 0.258 e. The summed E-state index contributed by atoms with van der Waals surface area (Å²) in [5.74, 6) is -0.341. The Kier molecular flexibility index (Phi) is 5.19. The van der Waals surface area contributed by atoms with E-state index in [-0.39, 0.29) is 11.8 Å². The molecule has 0 aliphatic carbocycles. The van der Waals surface area contributed by atoms with Gasteiger partial charge in [-0.1, -0.05) is 34.5 Å². The fraction of sp³-hybridized carbons (Fsp3) is 0.167. The number of benzene rings is 1. The largest absolute Gasteiger partial charge is 0.333 e. The van der Waals surface area contributed by atoms with E-state index in [9.17, 15) is 9.59 Å². The van der Waals surface area contributed by atoms with E-state index >= 15 is 0 Å². The minimum absolute atomic E-state index is 0.162. The quantitative estimate of drug-likeness (QED) is 0.629. The van der Waals surface area contributed by atoms with E-state index in [1.165, 1.54) is 22.7 Å². The number of fused-ring (bicyclic) bond motifs is 1. The predicted molar refractivity (Wildman–Crippen MR) is 109 cm³/mol. The van der Waals surface area contributed by atoms with Gasteiger partial charge in [-0.15, -0.1) is 0 Å². The highest BCUT2D eigenvalue weighted by molar-refractivity contribution is 7.16. The number of hydrogen-bond acceptors (Lipinski definition) is 5. The maximum Gasteiger partial charge on any atom is 0.258 e. The SMILES string of the molecule is O=C(Nc1nc2c(s1)CN(C(=O)c1cc(Cl)ccc1Cl)CC2)c1ccsc1. The van der Waals surface area contributed by atoms with E-state index in [4.69, 9.17) is 23.2 Å². The molecule has 1 aliphatic rings. The minimum atomic E-state index is -0.180. The lowest BCUT2D eigenvalue weighted by Crippen LogP contribution is -2.35. The van der Waals surface area contributed by atoms with Crippen molar-refractivity contribution in [3.8, 4) is 0 Å². The van der Waals surface area contributed by atoms with Crippen molar-refractivity contribution in [1.29, 1.82) is 0 Å². The Bertz CT molecular complexity index is 1020. The van der Waals surface area contributed by atoms with Crippen LogP contribution in [0.3, 0.4) is 0 Å². The molecule has 0 saturated heterocycles. The van der Waals surface area contributed by atoms with Gasteiger partial charge in [0, 0.05) is 28.2 Å².